The average molecular weight is 307 g/mol. The van der Waals surface area contributed by atoms with E-state index in [-0.39, 0.29) is 11.1 Å². The van der Waals surface area contributed by atoms with E-state index >= 15 is 0 Å². The second kappa shape index (κ2) is 4.71. The van der Waals surface area contributed by atoms with Gasteiger partial charge in [-0.15, -0.1) is 0 Å². The van der Waals surface area contributed by atoms with Crippen LogP contribution in [0, 0.1) is 0 Å². The van der Waals surface area contributed by atoms with Crippen molar-refractivity contribution in [3.05, 3.63) is 24.0 Å². The Morgan fingerprint density at radius 2 is 2.14 bits per heavy atom. The van der Waals surface area contributed by atoms with E-state index in [9.17, 15) is 13.5 Å². The molecule has 0 bridgehead atoms. The van der Waals surface area contributed by atoms with E-state index in [0.717, 1.165) is 19.1 Å². The van der Waals surface area contributed by atoms with E-state index in [1.54, 1.807) is 19.2 Å². The lowest BCUT2D eigenvalue weighted by atomic mass is 9.88. The highest BCUT2D eigenvalue weighted by Crippen LogP contribution is 2.43. The third-order valence-electron chi connectivity index (χ3n) is 4.07. The molecule has 1 aliphatic carbocycles. The highest BCUT2D eigenvalue weighted by atomic mass is 32.2. The molecule has 6 nitrogen and oxygen atoms in total. The molecule has 2 heterocycles. The maximum Gasteiger partial charge on any atom is 0.249 e. The molecule has 21 heavy (non-hydrogen) atoms. The third kappa shape index (κ3) is 2.51. The van der Waals surface area contributed by atoms with Gasteiger partial charge in [0.25, 0.3) is 0 Å². The van der Waals surface area contributed by atoms with Gasteiger partial charge in [-0.2, -0.15) is 4.98 Å². The number of nitrogens with zero attached hydrogens (tertiary/aromatic N) is 3. The van der Waals surface area contributed by atoms with Crippen LogP contribution in [0.2, 0.25) is 0 Å². The smallest absolute Gasteiger partial charge is 0.249 e. The molecule has 2 aromatic heterocycles. The molecular weight excluding hydrogens is 290 g/mol. The fourth-order valence-electron chi connectivity index (χ4n) is 2.98. The van der Waals surface area contributed by atoms with Crippen molar-refractivity contribution in [3.63, 3.8) is 0 Å². The first-order chi connectivity index (χ1) is 9.79. The van der Waals surface area contributed by atoms with E-state index in [2.05, 4.69) is 15.0 Å². The predicted molar refractivity (Wildman–Crippen MR) is 77.7 cm³/mol. The van der Waals surface area contributed by atoms with Crippen LogP contribution in [-0.4, -0.2) is 40.3 Å². The Balaban J connectivity index is 2.30. The lowest BCUT2D eigenvalue weighted by Gasteiger charge is -2.26. The molecule has 0 aromatic carbocycles. The van der Waals surface area contributed by atoms with Crippen LogP contribution in [0.15, 0.2) is 23.5 Å². The zero-order valence-electron chi connectivity index (χ0n) is 11.9. The Morgan fingerprint density at radius 3 is 2.76 bits per heavy atom. The molecule has 0 saturated heterocycles. The van der Waals surface area contributed by atoms with Crippen molar-refractivity contribution in [2.45, 2.75) is 42.9 Å². The summed E-state index contributed by atoms with van der Waals surface area (Å²) in [5.41, 5.74) is 0.0490. The van der Waals surface area contributed by atoms with Crippen molar-refractivity contribution >= 4 is 20.9 Å². The van der Waals surface area contributed by atoms with Gasteiger partial charge in [-0.3, -0.25) is 0 Å². The number of sulfone groups is 1. The number of aliphatic hydroxyl groups is 1. The van der Waals surface area contributed by atoms with Crippen LogP contribution < -0.4 is 0 Å². The van der Waals surface area contributed by atoms with Crippen molar-refractivity contribution < 1.29 is 13.5 Å². The summed E-state index contributed by atoms with van der Waals surface area (Å²) in [6.45, 7) is 1.77. The van der Waals surface area contributed by atoms with E-state index in [0.29, 0.717) is 23.1 Å². The topological polar surface area (TPSA) is 93.0 Å². The fourth-order valence-corrected chi connectivity index (χ4v) is 3.49. The first kappa shape index (κ1) is 14.3. The number of rotatable bonds is 2. The number of pyridine rings is 1. The van der Waals surface area contributed by atoms with Crippen molar-refractivity contribution in [1.82, 2.24) is 15.0 Å². The number of hydrogen-bond acceptors (Lipinski definition) is 6. The zero-order chi connectivity index (χ0) is 15.3. The highest BCUT2D eigenvalue weighted by molar-refractivity contribution is 7.90. The number of hydrogen-bond donors (Lipinski definition) is 1. The maximum absolute atomic E-state index is 11.8. The minimum atomic E-state index is -3.53. The Morgan fingerprint density at radius 1 is 1.38 bits per heavy atom. The van der Waals surface area contributed by atoms with Crippen LogP contribution in [-0.2, 0) is 9.84 Å². The van der Waals surface area contributed by atoms with Gasteiger partial charge in [0.05, 0.1) is 11.3 Å². The average Bonchev–Trinajstić information content (AvgIpc) is 2.76. The normalized spacial score (nSPS) is 26.3. The summed E-state index contributed by atoms with van der Waals surface area (Å²) < 4.78 is 23.6. The lowest BCUT2D eigenvalue weighted by Crippen LogP contribution is -2.28. The van der Waals surface area contributed by atoms with Gasteiger partial charge in [0.1, 0.15) is 0 Å². The first-order valence-electron chi connectivity index (χ1n) is 6.84. The van der Waals surface area contributed by atoms with Gasteiger partial charge >= 0.3 is 0 Å². The number of aromatic nitrogens is 3. The molecule has 0 spiro atoms. The van der Waals surface area contributed by atoms with Gasteiger partial charge < -0.3 is 5.11 Å². The standard InChI is InChI=1S/C14H17N3O3S/c1-14(18)7-3-6-10(14)11-9-5-4-8-15-12(9)17-13(16-11)21(2,19)20/h4-5,8,10,18H,3,6-7H2,1-2H3/t10-,14-/m1/s1. The van der Waals surface area contributed by atoms with Gasteiger partial charge in [-0.25, -0.2) is 18.4 Å². The second-order valence-electron chi connectivity index (χ2n) is 5.84. The summed E-state index contributed by atoms with van der Waals surface area (Å²) in [5, 5.41) is 11.0. The molecule has 112 valence electrons. The van der Waals surface area contributed by atoms with Gasteiger partial charge in [0.15, 0.2) is 5.65 Å². The predicted octanol–water partition coefficient (Wildman–Crippen LogP) is 1.45. The Hall–Kier alpha value is -1.60. The van der Waals surface area contributed by atoms with Crippen molar-refractivity contribution in [2.75, 3.05) is 6.26 Å². The second-order valence-corrected chi connectivity index (χ2v) is 7.75. The van der Waals surface area contributed by atoms with E-state index < -0.39 is 15.4 Å². The van der Waals surface area contributed by atoms with Gasteiger partial charge in [-0.05, 0) is 38.3 Å². The minimum Gasteiger partial charge on any atom is -0.389 e. The van der Waals surface area contributed by atoms with Crippen LogP contribution >= 0.6 is 0 Å². The van der Waals surface area contributed by atoms with Crippen LogP contribution in [0.25, 0.3) is 11.0 Å². The molecule has 2 aromatic rings. The summed E-state index contributed by atoms with van der Waals surface area (Å²) in [6, 6.07) is 3.58. The SMILES string of the molecule is C[C@@]1(O)CCC[C@@H]1c1nc(S(C)(=O)=O)nc2ncccc12. The third-order valence-corrected chi connectivity index (χ3v) is 4.91. The summed E-state index contributed by atoms with van der Waals surface area (Å²) in [6.07, 6.45) is 4.98. The molecule has 2 atom stereocenters. The quantitative estimate of drug-likeness (QED) is 0.844. The summed E-state index contributed by atoms with van der Waals surface area (Å²) >= 11 is 0. The van der Waals surface area contributed by atoms with Crippen molar-refractivity contribution in [2.24, 2.45) is 0 Å². The lowest BCUT2D eigenvalue weighted by molar-refractivity contribution is 0.0487. The molecular formula is C14H17N3O3S. The summed E-state index contributed by atoms with van der Waals surface area (Å²) in [4.78, 5) is 12.4. The van der Waals surface area contributed by atoms with Crippen LogP contribution in [0.4, 0.5) is 0 Å². The van der Waals surface area contributed by atoms with Gasteiger partial charge in [0, 0.05) is 23.8 Å². The molecule has 0 radical (unpaired) electrons. The molecule has 1 fully saturated rings. The van der Waals surface area contributed by atoms with Crippen LogP contribution in [0.3, 0.4) is 0 Å². The maximum atomic E-state index is 11.8. The van der Waals surface area contributed by atoms with Gasteiger partial charge in [0.2, 0.25) is 15.0 Å². The number of fused-ring (bicyclic) bond motifs is 1. The molecule has 3 rings (SSSR count). The molecule has 1 saturated carbocycles. The Kier molecular flexibility index (Phi) is 3.22. The van der Waals surface area contributed by atoms with E-state index in [4.69, 9.17) is 0 Å². The van der Waals surface area contributed by atoms with Crippen molar-refractivity contribution in [1.29, 1.82) is 0 Å². The van der Waals surface area contributed by atoms with E-state index in [1.807, 2.05) is 6.07 Å². The fraction of sp³-hybridized carbons (Fsp3) is 0.500. The molecule has 1 aliphatic rings. The summed E-state index contributed by atoms with van der Waals surface area (Å²) in [7, 11) is -3.53. The van der Waals surface area contributed by atoms with Crippen molar-refractivity contribution in [3.8, 4) is 0 Å². The zero-order valence-corrected chi connectivity index (χ0v) is 12.8. The van der Waals surface area contributed by atoms with E-state index in [1.165, 1.54) is 0 Å². The minimum absolute atomic E-state index is 0.201. The molecule has 7 heteroatoms. The molecule has 0 aliphatic heterocycles. The summed E-state index contributed by atoms with van der Waals surface area (Å²) in [5.74, 6) is -0.201. The Bertz CT molecular complexity index is 802. The van der Waals surface area contributed by atoms with Gasteiger partial charge in [-0.1, -0.05) is 0 Å². The van der Waals surface area contributed by atoms with Crippen LogP contribution in [0.1, 0.15) is 37.8 Å². The molecule has 1 N–H and O–H groups in total. The van der Waals surface area contributed by atoms with Crippen LogP contribution in [0.5, 0.6) is 0 Å². The first-order valence-corrected chi connectivity index (χ1v) is 8.73. The Labute approximate surface area is 123 Å². The molecule has 0 amide bonds. The molecule has 0 unspecified atom stereocenters. The highest BCUT2D eigenvalue weighted by Gasteiger charge is 2.40. The monoisotopic (exact) mass is 307 g/mol. The largest absolute Gasteiger partial charge is 0.389 e.